The van der Waals surface area contributed by atoms with Gasteiger partial charge in [0.25, 0.3) is 0 Å². The molecule has 1 saturated carbocycles. The summed E-state index contributed by atoms with van der Waals surface area (Å²) >= 11 is 0. The van der Waals surface area contributed by atoms with Crippen LogP contribution in [0.25, 0.3) is 10.9 Å². The number of fused-ring (bicyclic) bond motifs is 1. The van der Waals surface area contributed by atoms with Crippen LogP contribution in [0.3, 0.4) is 0 Å². The molecule has 0 aliphatic heterocycles. The van der Waals surface area contributed by atoms with Crippen molar-refractivity contribution in [1.29, 1.82) is 0 Å². The quantitative estimate of drug-likeness (QED) is 0.379. The van der Waals surface area contributed by atoms with Crippen LogP contribution in [0.1, 0.15) is 38.2 Å². The average molecular weight is 505 g/mol. The maximum atomic E-state index is 12.7. The number of rotatable bonds is 9. The van der Waals surface area contributed by atoms with Gasteiger partial charge in [0.2, 0.25) is 5.95 Å². The highest BCUT2D eigenvalue weighted by Crippen LogP contribution is 2.26. The molecule has 1 fully saturated rings. The van der Waals surface area contributed by atoms with Crippen LogP contribution >= 0.6 is 0 Å². The number of nitrogens with zero attached hydrogens (tertiary/aromatic N) is 3. The summed E-state index contributed by atoms with van der Waals surface area (Å²) in [4.78, 5) is 36.6. The molecule has 4 rings (SSSR count). The number of hydrogen-bond acceptors (Lipinski definition) is 7. The number of carbonyl (C=O) groups is 2. The second-order valence-corrected chi connectivity index (χ2v) is 9.59. The Morgan fingerprint density at radius 2 is 1.65 bits per heavy atom. The zero-order chi connectivity index (χ0) is 26.2. The van der Waals surface area contributed by atoms with Gasteiger partial charge in [-0.3, -0.25) is 0 Å². The Balaban J connectivity index is 1.31. The van der Waals surface area contributed by atoms with E-state index < -0.39 is 12.0 Å². The van der Waals surface area contributed by atoms with Gasteiger partial charge in [0, 0.05) is 38.0 Å². The summed E-state index contributed by atoms with van der Waals surface area (Å²) in [6.45, 7) is 2.02. The zero-order valence-electron chi connectivity index (χ0n) is 21.7. The number of para-hydroxylation sites is 1. The molecule has 2 aromatic carbocycles. The van der Waals surface area contributed by atoms with Crippen molar-refractivity contribution in [2.75, 3.05) is 30.9 Å². The molecule has 1 aliphatic rings. The van der Waals surface area contributed by atoms with Gasteiger partial charge in [-0.15, -0.1) is 0 Å². The van der Waals surface area contributed by atoms with Crippen LogP contribution in [-0.2, 0) is 16.0 Å². The first-order chi connectivity index (χ1) is 17.9. The van der Waals surface area contributed by atoms with E-state index in [1.165, 1.54) is 0 Å². The van der Waals surface area contributed by atoms with Gasteiger partial charge in [-0.05, 0) is 50.3 Å². The molecule has 9 nitrogen and oxygen atoms in total. The van der Waals surface area contributed by atoms with Crippen molar-refractivity contribution in [3.63, 3.8) is 0 Å². The summed E-state index contributed by atoms with van der Waals surface area (Å²) in [7, 11) is 3.96. The second kappa shape index (κ2) is 12.4. The second-order valence-electron chi connectivity index (χ2n) is 9.59. The van der Waals surface area contributed by atoms with Gasteiger partial charge in [-0.25, -0.2) is 14.6 Å². The molecule has 2 amide bonds. The number of amides is 2. The highest BCUT2D eigenvalue weighted by Gasteiger charge is 2.26. The molecule has 0 saturated heterocycles. The van der Waals surface area contributed by atoms with E-state index in [4.69, 9.17) is 14.7 Å². The lowest BCUT2D eigenvalue weighted by Crippen LogP contribution is -2.51. The molecular formula is C28H36N6O3. The Morgan fingerprint density at radius 1 is 0.973 bits per heavy atom. The van der Waals surface area contributed by atoms with Crippen LogP contribution in [0.4, 0.5) is 16.6 Å². The maximum Gasteiger partial charge on any atom is 0.329 e. The fourth-order valence-electron chi connectivity index (χ4n) is 4.70. The topological polar surface area (TPSA) is 108 Å². The average Bonchev–Trinajstić information content (AvgIpc) is 2.89. The standard InChI is InChI=1S/C28H36N6O3/c1-4-37-26(35)24(18-19-10-6-5-7-11-19)32-28(36)30-21-16-14-20(15-17-21)29-27-31-23-13-9-8-12-22(23)25(33-27)34(2)3/h5-13,20-21,24H,4,14-18H2,1-3H3,(H,29,31,33)(H2,30,32,36)/t20-,21+,24-/m0/s1. The highest BCUT2D eigenvalue weighted by molar-refractivity contribution is 5.90. The van der Waals surface area contributed by atoms with Crippen LogP contribution in [0, 0.1) is 0 Å². The Bertz CT molecular complexity index is 1200. The van der Waals surface area contributed by atoms with Gasteiger partial charge in [-0.1, -0.05) is 42.5 Å². The lowest BCUT2D eigenvalue weighted by Gasteiger charge is -2.30. The third-order valence-electron chi connectivity index (χ3n) is 6.56. The van der Waals surface area contributed by atoms with E-state index in [-0.39, 0.29) is 24.7 Å². The predicted molar refractivity (Wildman–Crippen MR) is 146 cm³/mol. The number of anilines is 2. The van der Waals surface area contributed by atoms with E-state index in [9.17, 15) is 9.59 Å². The first-order valence-corrected chi connectivity index (χ1v) is 12.9. The molecule has 1 heterocycles. The number of benzene rings is 2. The summed E-state index contributed by atoms with van der Waals surface area (Å²) in [6.07, 6.45) is 3.78. The van der Waals surface area contributed by atoms with Crippen molar-refractivity contribution in [2.45, 2.75) is 57.2 Å². The monoisotopic (exact) mass is 504 g/mol. The number of carbonyl (C=O) groups excluding carboxylic acids is 2. The molecule has 9 heteroatoms. The van der Waals surface area contributed by atoms with Crippen molar-refractivity contribution in [3.05, 3.63) is 60.2 Å². The van der Waals surface area contributed by atoms with Crippen molar-refractivity contribution >= 4 is 34.7 Å². The lowest BCUT2D eigenvalue weighted by molar-refractivity contribution is -0.145. The molecule has 0 spiro atoms. The van der Waals surface area contributed by atoms with E-state index in [2.05, 4.69) is 16.0 Å². The Kier molecular flexibility index (Phi) is 8.77. The van der Waals surface area contributed by atoms with E-state index >= 15 is 0 Å². The SMILES string of the molecule is CCOC(=O)[C@H](Cc1ccccc1)NC(=O)N[C@H]1CC[C@@H](Nc2nc(N(C)C)c3ccccc3n2)CC1. The van der Waals surface area contributed by atoms with Crippen LogP contribution in [0.15, 0.2) is 54.6 Å². The van der Waals surface area contributed by atoms with E-state index in [1.54, 1.807) is 6.92 Å². The van der Waals surface area contributed by atoms with Crippen LogP contribution in [-0.4, -0.2) is 60.8 Å². The third kappa shape index (κ3) is 7.09. The van der Waals surface area contributed by atoms with E-state index in [0.717, 1.165) is 48.0 Å². The molecule has 0 radical (unpaired) electrons. The molecule has 0 unspecified atom stereocenters. The van der Waals surface area contributed by atoms with Gasteiger partial charge in [0.1, 0.15) is 11.9 Å². The van der Waals surface area contributed by atoms with E-state index in [1.807, 2.05) is 73.6 Å². The summed E-state index contributed by atoms with van der Waals surface area (Å²) in [5, 5.41) is 10.4. The molecule has 3 N–H and O–H groups in total. The predicted octanol–water partition coefficient (Wildman–Crippen LogP) is 3.89. The van der Waals surface area contributed by atoms with Crippen molar-refractivity contribution in [3.8, 4) is 0 Å². The lowest BCUT2D eigenvalue weighted by atomic mass is 9.91. The number of urea groups is 1. The van der Waals surface area contributed by atoms with Crippen molar-refractivity contribution in [2.24, 2.45) is 0 Å². The molecule has 3 aromatic rings. The molecule has 37 heavy (non-hydrogen) atoms. The molecule has 0 bridgehead atoms. The third-order valence-corrected chi connectivity index (χ3v) is 6.56. The fourth-order valence-corrected chi connectivity index (χ4v) is 4.70. The van der Waals surface area contributed by atoms with E-state index in [0.29, 0.717) is 12.4 Å². The summed E-state index contributed by atoms with van der Waals surface area (Å²) < 4.78 is 5.18. The molecular weight excluding hydrogens is 468 g/mol. The van der Waals surface area contributed by atoms with Gasteiger partial charge < -0.3 is 25.6 Å². The molecule has 196 valence electrons. The number of esters is 1. The largest absolute Gasteiger partial charge is 0.464 e. The van der Waals surface area contributed by atoms with Gasteiger partial charge in [-0.2, -0.15) is 4.98 Å². The van der Waals surface area contributed by atoms with Crippen molar-refractivity contribution in [1.82, 2.24) is 20.6 Å². The normalized spacial score (nSPS) is 18.0. The van der Waals surface area contributed by atoms with Gasteiger partial charge in [0.05, 0.1) is 12.1 Å². The molecule has 1 aliphatic carbocycles. The number of aromatic nitrogens is 2. The summed E-state index contributed by atoms with van der Waals surface area (Å²) in [5.74, 6) is 1.07. The highest BCUT2D eigenvalue weighted by atomic mass is 16.5. The first-order valence-electron chi connectivity index (χ1n) is 12.9. The first kappa shape index (κ1) is 26.2. The van der Waals surface area contributed by atoms with Crippen LogP contribution in [0.2, 0.25) is 0 Å². The van der Waals surface area contributed by atoms with Crippen LogP contribution < -0.4 is 20.9 Å². The molecule has 1 atom stereocenters. The number of ether oxygens (including phenoxy) is 1. The minimum Gasteiger partial charge on any atom is -0.464 e. The Labute approximate surface area is 218 Å². The maximum absolute atomic E-state index is 12.7. The zero-order valence-corrected chi connectivity index (χ0v) is 21.7. The smallest absolute Gasteiger partial charge is 0.329 e. The minimum absolute atomic E-state index is 0.0347. The summed E-state index contributed by atoms with van der Waals surface area (Å²) in [6, 6.07) is 16.8. The Morgan fingerprint density at radius 3 is 2.35 bits per heavy atom. The number of hydrogen-bond donors (Lipinski definition) is 3. The number of nitrogens with one attached hydrogen (secondary N) is 3. The summed E-state index contributed by atoms with van der Waals surface area (Å²) in [5.41, 5.74) is 1.86. The van der Waals surface area contributed by atoms with Gasteiger partial charge >= 0.3 is 12.0 Å². The van der Waals surface area contributed by atoms with Crippen LogP contribution in [0.5, 0.6) is 0 Å². The fraction of sp³-hybridized carbons (Fsp3) is 0.429. The Hall–Kier alpha value is -3.88. The molecule has 1 aromatic heterocycles. The van der Waals surface area contributed by atoms with Crippen molar-refractivity contribution < 1.29 is 14.3 Å². The van der Waals surface area contributed by atoms with Gasteiger partial charge in [0.15, 0.2) is 0 Å². The minimum atomic E-state index is -0.740.